The Labute approximate surface area is 121 Å². The maximum absolute atomic E-state index is 12.7. The lowest BCUT2D eigenvalue weighted by atomic mass is 10.1. The molecular formula is C11H23N3O4S2. The lowest BCUT2D eigenvalue weighted by Crippen LogP contribution is -2.56. The van der Waals surface area contributed by atoms with Crippen LogP contribution in [-0.4, -0.2) is 76.2 Å². The van der Waals surface area contributed by atoms with Gasteiger partial charge in [0.25, 0.3) is 10.2 Å². The first-order chi connectivity index (χ1) is 9.37. The molecule has 0 aromatic heterocycles. The average molecular weight is 325 g/mol. The average Bonchev–Trinajstić information content (AvgIpc) is 2.39. The zero-order chi connectivity index (χ0) is 14.8. The predicted octanol–water partition coefficient (Wildman–Crippen LogP) is -0.964. The Morgan fingerprint density at radius 1 is 1.15 bits per heavy atom. The van der Waals surface area contributed by atoms with E-state index in [1.165, 1.54) is 4.31 Å². The SMILES string of the molecule is CNCC1CCCCN1S(=O)(=O)N1CCS(=O)(=O)CC1. The van der Waals surface area contributed by atoms with Crippen LogP contribution >= 0.6 is 0 Å². The van der Waals surface area contributed by atoms with Gasteiger partial charge in [0.2, 0.25) is 0 Å². The van der Waals surface area contributed by atoms with Gasteiger partial charge in [-0.1, -0.05) is 6.42 Å². The molecule has 2 saturated heterocycles. The molecule has 0 aromatic carbocycles. The molecule has 118 valence electrons. The van der Waals surface area contributed by atoms with E-state index in [4.69, 9.17) is 0 Å². The van der Waals surface area contributed by atoms with Gasteiger partial charge in [-0.15, -0.1) is 0 Å². The number of hydrogen-bond donors (Lipinski definition) is 1. The molecule has 20 heavy (non-hydrogen) atoms. The van der Waals surface area contributed by atoms with Crippen molar-refractivity contribution < 1.29 is 16.8 Å². The standard InChI is InChI=1S/C11H23N3O4S2/c1-12-10-11-4-2-3-5-14(11)20(17,18)13-6-8-19(15,16)9-7-13/h11-12H,2-10H2,1H3. The first-order valence-electron chi connectivity index (χ1n) is 6.99. The van der Waals surface area contributed by atoms with Crippen LogP contribution in [0.5, 0.6) is 0 Å². The van der Waals surface area contributed by atoms with Gasteiger partial charge in [0.15, 0.2) is 9.84 Å². The molecule has 0 bridgehead atoms. The van der Waals surface area contributed by atoms with Crippen LogP contribution in [0.2, 0.25) is 0 Å². The van der Waals surface area contributed by atoms with Crippen LogP contribution in [0.4, 0.5) is 0 Å². The summed E-state index contributed by atoms with van der Waals surface area (Å²) in [6.45, 7) is 1.31. The van der Waals surface area contributed by atoms with Gasteiger partial charge in [0, 0.05) is 32.2 Å². The molecule has 1 atom stereocenters. The van der Waals surface area contributed by atoms with Gasteiger partial charge >= 0.3 is 0 Å². The number of nitrogens with one attached hydrogen (secondary N) is 1. The maximum atomic E-state index is 12.7. The van der Waals surface area contributed by atoms with Crippen molar-refractivity contribution in [3.05, 3.63) is 0 Å². The molecule has 1 N–H and O–H groups in total. The summed E-state index contributed by atoms with van der Waals surface area (Å²) < 4.78 is 51.0. The van der Waals surface area contributed by atoms with Gasteiger partial charge in [-0.3, -0.25) is 0 Å². The summed E-state index contributed by atoms with van der Waals surface area (Å²) in [7, 11) is -4.80. The Hall–Kier alpha value is -0.220. The van der Waals surface area contributed by atoms with E-state index >= 15 is 0 Å². The molecule has 2 aliphatic rings. The van der Waals surface area contributed by atoms with Crippen LogP contribution < -0.4 is 5.32 Å². The number of likely N-dealkylation sites (N-methyl/N-ethyl adjacent to an activating group) is 1. The Morgan fingerprint density at radius 2 is 1.80 bits per heavy atom. The minimum Gasteiger partial charge on any atom is -0.318 e. The van der Waals surface area contributed by atoms with Gasteiger partial charge in [0.05, 0.1) is 11.5 Å². The monoisotopic (exact) mass is 325 g/mol. The van der Waals surface area contributed by atoms with Crippen molar-refractivity contribution in [2.45, 2.75) is 25.3 Å². The quantitative estimate of drug-likeness (QED) is 0.719. The van der Waals surface area contributed by atoms with Crippen LogP contribution in [0, 0.1) is 0 Å². The Morgan fingerprint density at radius 3 is 2.40 bits per heavy atom. The van der Waals surface area contributed by atoms with E-state index in [0.29, 0.717) is 13.1 Å². The van der Waals surface area contributed by atoms with E-state index < -0.39 is 20.0 Å². The first kappa shape index (κ1) is 16.2. The van der Waals surface area contributed by atoms with Crippen molar-refractivity contribution in [1.29, 1.82) is 0 Å². The molecule has 7 nitrogen and oxygen atoms in total. The molecule has 2 rings (SSSR count). The van der Waals surface area contributed by atoms with Gasteiger partial charge in [-0.2, -0.15) is 17.0 Å². The Kier molecular flexibility index (Phi) is 5.06. The molecule has 0 aromatic rings. The first-order valence-corrected chi connectivity index (χ1v) is 10.2. The highest BCUT2D eigenvalue weighted by Crippen LogP contribution is 2.23. The van der Waals surface area contributed by atoms with Gasteiger partial charge in [-0.25, -0.2) is 8.42 Å². The maximum Gasteiger partial charge on any atom is 0.282 e. The number of sulfone groups is 1. The molecule has 2 aliphatic heterocycles. The molecule has 0 radical (unpaired) electrons. The van der Waals surface area contributed by atoms with E-state index in [0.717, 1.165) is 19.3 Å². The van der Waals surface area contributed by atoms with Crippen LogP contribution in [0.15, 0.2) is 0 Å². The summed E-state index contributed by atoms with van der Waals surface area (Å²) in [6, 6.07) is -0.0303. The molecule has 2 fully saturated rings. The fourth-order valence-corrected chi connectivity index (χ4v) is 6.08. The Bertz CT molecular complexity index is 516. The summed E-state index contributed by atoms with van der Waals surface area (Å²) in [6.07, 6.45) is 2.75. The van der Waals surface area contributed by atoms with Crippen LogP contribution in [0.25, 0.3) is 0 Å². The highest BCUT2D eigenvalue weighted by atomic mass is 32.2. The summed E-state index contributed by atoms with van der Waals surface area (Å²) in [4.78, 5) is 0. The minimum absolute atomic E-state index is 0.0303. The van der Waals surface area contributed by atoms with E-state index in [-0.39, 0.29) is 30.6 Å². The topological polar surface area (TPSA) is 86.8 Å². The fourth-order valence-electron chi connectivity index (χ4n) is 2.79. The normalized spacial score (nSPS) is 29.4. The van der Waals surface area contributed by atoms with Gasteiger partial charge < -0.3 is 5.32 Å². The van der Waals surface area contributed by atoms with Crippen molar-refractivity contribution in [2.24, 2.45) is 0 Å². The van der Waals surface area contributed by atoms with E-state index in [1.54, 1.807) is 4.31 Å². The fraction of sp³-hybridized carbons (Fsp3) is 1.00. The van der Waals surface area contributed by atoms with E-state index in [9.17, 15) is 16.8 Å². The smallest absolute Gasteiger partial charge is 0.282 e. The highest BCUT2D eigenvalue weighted by Gasteiger charge is 2.38. The van der Waals surface area contributed by atoms with Crippen LogP contribution in [0.1, 0.15) is 19.3 Å². The van der Waals surface area contributed by atoms with E-state index in [2.05, 4.69) is 5.32 Å². The molecule has 1 unspecified atom stereocenters. The van der Waals surface area contributed by atoms with Crippen LogP contribution in [-0.2, 0) is 20.0 Å². The molecular weight excluding hydrogens is 302 g/mol. The molecule has 0 amide bonds. The molecule has 0 saturated carbocycles. The third-order valence-corrected chi connectivity index (χ3v) is 7.64. The Balaban J connectivity index is 2.12. The zero-order valence-corrected chi connectivity index (χ0v) is 13.4. The molecule has 0 spiro atoms. The minimum atomic E-state index is -3.54. The molecule has 0 aliphatic carbocycles. The van der Waals surface area contributed by atoms with Crippen molar-refractivity contribution in [2.75, 3.05) is 44.7 Å². The number of piperidine rings is 1. The lowest BCUT2D eigenvalue weighted by molar-refractivity contribution is 0.230. The van der Waals surface area contributed by atoms with Crippen molar-refractivity contribution in [3.63, 3.8) is 0 Å². The largest absolute Gasteiger partial charge is 0.318 e. The number of rotatable bonds is 4. The highest BCUT2D eigenvalue weighted by molar-refractivity contribution is 7.91. The molecule has 2 heterocycles. The predicted molar refractivity (Wildman–Crippen MR) is 77.4 cm³/mol. The van der Waals surface area contributed by atoms with Gasteiger partial charge in [-0.05, 0) is 19.9 Å². The third kappa shape index (κ3) is 3.51. The second-order valence-corrected chi connectivity index (χ2v) is 9.56. The van der Waals surface area contributed by atoms with Crippen molar-refractivity contribution in [1.82, 2.24) is 13.9 Å². The third-order valence-electron chi connectivity index (χ3n) is 3.94. The molecule has 9 heteroatoms. The summed E-state index contributed by atoms with van der Waals surface area (Å²) >= 11 is 0. The summed E-state index contributed by atoms with van der Waals surface area (Å²) in [5.74, 6) is -0.145. The summed E-state index contributed by atoms with van der Waals surface area (Å²) in [5, 5.41) is 3.03. The lowest BCUT2D eigenvalue weighted by Gasteiger charge is -2.38. The number of hydrogen-bond acceptors (Lipinski definition) is 5. The van der Waals surface area contributed by atoms with Crippen molar-refractivity contribution >= 4 is 20.0 Å². The number of nitrogens with zero attached hydrogens (tertiary/aromatic N) is 2. The summed E-state index contributed by atoms with van der Waals surface area (Å²) in [5.41, 5.74) is 0. The van der Waals surface area contributed by atoms with Gasteiger partial charge in [0.1, 0.15) is 0 Å². The second kappa shape index (κ2) is 6.27. The van der Waals surface area contributed by atoms with E-state index in [1.807, 2.05) is 7.05 Å². The zero-order valence-electron chi connectivity index (χ0n) is 11.8. The van der Waals surface area contributed by atoms with Crippen molar-refractivity contribution in [3.8, 4) is 0 Å². The van der Waals surface area contributed by atoms with Crippen LogP contribution in [0.3, 0.4) is 0 Å². The second-order valence-electron chi connectivity index (χ2n) is 5.38.